The van der Waals surface area contributed by atoms with Gasteiger partial charge in [0.2, 0.25) is 5.89 Å². The number of ether oxygens (including phenoxy) is 1. The first-order valence-corrected chi connectivity index (χ1v) is 9.76. The van der Waals surface area contributed by atoms with Crippen molar-refractivity contribution in [1.82, 2.24) is 15.5 Å². The first kappa shape index (κ1) is 18.7. The Labute approximate surface area is 165 Å². The Balaban J connectivity index is 1.26. The van der Waals surface area contributed by atoms with Crippen molar-refractivity contribution < 1.29 is 9.26 Å². The van der Waals surface area contributed by atoms with Gasteiger partial charge in [0, 0.05) is 31.9 Å². The zero-order valence-electron chi connectivity index (χ0n) is 16.2. The zero-order chi connectivity index (χ0) is 19.2. The molecule has 0 amide bonds. The highest BCUT2D eigenvalue weighted by molar-refractivity contribution is 5.66. The van der Waals surface area contributed by atoms with Crippen LogP contribution >= 0.6 is 0 Å². The molecule has 1 N–H and O–H groups in total. The number of hydrogen-bond acceptors (Lipinski definition) is 6. The Bertz CT molecular complexity index is 856. The van der Waals surface area contributed by atoms with Gasteiger partial charge in [-0.25, -0.2) is 0 Å². The molecule has 6 nitrogen and oxygen atoms in total. The maximum absolute atomic E-state index is 5.23. The van der Waals surface area contributed by atoms with Gasteiger partial charge in [0.05, 0.1) is 6.54 Å². The van der Waals surface area contributed by atoms with Crippen LogP contribution in [-0.2, 0) is 17.9 Å². The van der Waals surface area contributed by atoms with E-state index in [0.29, 0.717) is 30.9 Å². The highest BCUT2D eigenvalue weighted by atomic mass is 16.5. The largest absolute Gasteiger partial charge is 0.377 e. The molecule has 2 aromatic carbocycles. The van der Waals surface area contributed by atoms with E-state index in [1.54, 1.807) is 7.11 Å². The topological polar surface area (TPSA) is 63.4 Å². The van der Waals surface area contributed by atoms with Crippen molar-refractivity contribution in [2.75, 3.05) is 25.1 Å². The Morgan fingerprint density at radius 3 is 2.46 bits per heavy atom. The molecule has 2 heterocycles. The normalized spacial score (nSPS) is 15.1. The molecule has 1 aromatic heterocycles. The minimum absolute atomic E-state index is 0.380. The molecule has 0 bridgehead atoms. The molecule has 1 fully saturated rings. The monoisotopic (exact) mass is 378 g/mol. The van der Waals surface area contributed by atoms with Crippen LogP contribution in [0.2, 0.25) is 0 Å². The summed E-state index contributed by atoms with van der Waals surface area (Å²) < 4.78 is 10.2. The number of nitrogens with zero attached hydrogens (tertiary/aromatic N) is 3. The second-order valence-electron chi connectivity index (χ2n) is 7.09. The van der Waals surface area contributed by atoms with Crippen LogP contribution in [0.3, 0.4) is 0 Å². The molecule has 1 aliphatic heterocycles. The summed E-state index contributed by atoms with van der Waals surface area (Å²) in [5.41, 5.74) is 3.80. The van der Waals surface area contributed by atoms with Gasteiger partial charge >= 0.3 is 0 Å². The number of anilines is 1. The summed E-state index contributed by atoms with van der Waals surface area (Å²) in [6.45, 7) is 3.07. The molecular formula is C22H26N4O2. The number of hydrogen-bond donors (Lipinski definition) is 1. The number of nitrogens with one attached hydrogen (secondary N) is 1. The molecule has 146 valence electrons. The van der Waals surface area contributed by atoms with E-state index in [2.05, 4.69) is 68.9 Å². The molecule has 0 radical (unpaired) electrons. The minimum atomic E-state index is 0.380. The van der Waals surface area contributed by atoms with Crippen LogP contribution in [0.15, 0.2) is 59.1 Å². The number of methoxy groups -OCH3 is 1. The highest BCUT2D eigenvalue weighted by Crippen LogP contribution is 2.25. The Morgan fingerprint density at radius 1 is 1.04 bits per heavy atom. The third-order valence-corrected chi connectivity index (χ3v) is 5.16. The second-order valence-corrected chi connectivity index (χ2v) is 7.09. The smallest absolute Gasteiger partial charge is 0.240 e. The lowest BCUT2D eigenvalue weighted by molar-refractivity contribution is 0.174. The minimum Gasteiger partial charge on any atom is -0.377 e. The average Bonchev–Trinajstić information content (AvgIpc) is 3.21. The van der Waals surface area contributed by atoms with E-state index in [4.69, 9.17) is 9.26 Å². The van der Waals surface area contributed by atoms with E-state index in [9.17, 15) is 0 Å². The predicted molar refractivity (Wildman–Crippen MR) is 109 cm³/mol. The van der Waals surface area contributed by atoms with Crippen molar-refractivity contribution in [1.29, 1.82) is 0 Å². The van der Waals surface area contributed by atoms with Gasteiger partial charge in [-0.1, -0.05) is 47.6 Å². The van der Waals surface area contributed by atoms with E-state index >= 15 is 0 Å². The molecule has 1 saturated heterocycles. The van der Waals surface area contributed by atoms with E-state index in [-0.39, 0.29) is 0 Å². The van der Waals surface area contributed by atoms with Gasteiger partial charge in [0.1, 0.15) is 6.61 Å². The Kier molecular flexibility index (Phi) is 5.99. The average molecular weight is 378 g/mol. The van der Waals surface area contributed by atoms with Crippen molar-refractivity contribution in [2.24, 2.45) is 0 Å². The summed E-state index contributed by atoms with van der Waals surface area (Å²) >= 11 is 0. The van der Waals surface area contributed by atoms with Crippen molar-refractivity contribution in [2.45, 2.75) is 32.0 Å². The lowest BCUT2D eigenvalue weighted by Gasteiger charge is -2.34. The van der Waals surface area contributed by atoms with E-state index < -0.39 is 0 Å². The number of piperidine rings is 1. The molecule has 6 heteroatoms. The van der Waals surface area contributed by atoms with Gasteiger partial charge in [-0.2, -0.15) is 4.98 Å². The fourth-order valence-electron chi connectivity index (χ4n) is 3.62. The first-order valence-electron chi connectivity index (χ1n) is 9.76. The van der Waals surface area contributed by atoms with E-state index in [1.807, 2.05) is 6.07 Å². The predicted octanol–water partition coefficient (Wildman–Crippen LogP) is 3.64. The summed E-state index contributed by atoms with van der Waals surface area (Å²) in [6.07, 6.45) is 2.19. The van der Waals surface area contributed by atoms with Crippen LogP contribution in [0.4, 0.5) is 5.69 Å². The standard InChI is InChI=1S/C22H26N4O2/c1-27-16-21-24-22(28-25-21)15-23-19-11-13-26(14-12-19)20-9-7-18(8-10-20)17-5-3-2-4-6-17/h2-10,19,23H,11-16H2,1H3. The second kappa shape index (κ2) is 8.99. The SMILES string of the molecule is COCc1noc(CNC2CCN(c3ccc(-c4ccccc4)cc3)CC2)n1. The summed E-state index contributed by atoms with van der Waals surface area (Å²) in [5.74, 6) is 1.21. The zero-order valence-corrected chi connectivity index (χ0v) is 16.2. The van der Waals surface area contributed by atoms with Crippen LogP contribution in [0.25, 0.3) is 11.1 Å². The Hall–Kier alpha value is -2.70. The van der Waals surface area contributed by atoms with Crippen LogP contribution in [0.5, 0.6) is 0 Å². The van der Waals surface area contributed by atoms with Crippen LogP contribution in [0.1, 0.15) is 24.6 Å². The van der Waals surface area contributed by atoms with Gasteiger partial charge in [0.15, 0.2) is 5.82 Å². The molecule has 4 rings (SSSR count). The molecular weight excluding hydrogens is 352 g/mol. The van der Waals surface area contributed by atoms with Crippen LogP contribution in [0, 0.1) is 0 Å². The third kappa shape index (κ3) is 4.58. The van der Waals surface area contributed by atoms with Crippen LogP contribution < -0.4 is 10.2 Å². The quantitative estimate of drug-likeness (QED) is 0.677. The highest BCUT2D eigenvalue weighted by Gasteiger charge is 2.20. The lowest BCUT2D eigenvalue weighted by atomic mass is 10.0. The maximum Gasteiger partial charge on any atom is 0.240 e. The van der Waals surface area contributed by atoms with Gasteiger partial charge in [-0.3, -0.25) is 0 Å². The summed E-state index contributed by atoms with van der Waals surface area (Å²) in [7, 11) is 1.62. The number of benzene rings is 2. The molecule has 1 aliphatic rings. The summed E-state index contributed by atoms with van der Waals surface area (Å²) in [5, 5.41) is 7.42. The number of rotatable bonds is 7. The van der Waals surface area contributed by atoms with Crippen molar-refractivity contribution in [3.63, 3.8) is 0 Å². The van der Waals surface area contributed by atoms with Crippen LogP contribution in [-0.4, -0.2) is 36.4 Å². The summed E-state index contributed by atoms with van der Waals surface area (Å²) in [4.78, 5) is 6.76. The molecule has 0 atom stereocenters. The van der Waals surface area contributed by atoms with Gasteiger partial charge in [0.25, 0.3) is 0 Å². The van der Waals surface area contributed by atoms with Gasteiger partial charge in [-0.15, -0.1) is 0 Å². The fraction of sp³-hybridized carbons (Fsp3) is 0.364. The van der Waals surface area contributed by atoms with Crippen molar-refractivity contribution in [3.05, 3.63) is 66.3 Å². The molecule has 0 aliphatic carbocycles. The molecule has 0 unspecified atom stereocenters. The van der Waals surface area contributed by atoms with E-state index in [0.717, 1.165) is 25.9 Å². The van der Waals surface area contributed by atoms with Crippen molar-refractivity contribution in [3.8, 4) is 11.1 Å². The Morgan fingerprint density at radius 2 is 1.75 bits per heavy atom. The molecule has 0 saturated carbocycles. The fourth-order valence-corrected chi connectivity index (χ4v) is 3.62. The molecule has 28 heavy (non-hydrogen) atoms. The van der Waals surface area contributed by atoms with Gasteiger partial charge < -0.3 is 19.5 Å². The first-order chi connectivity index (χ1) is 13.8. The van der Waals surface area contributed by atoms with Gasteiger partial charge in [-0.05, 0) is 36.1 Å². The third-order valence-electron chi connectivity index (χ3n) is 5.16. The lowest BCUT2D eigenvalue weighted by Crippen LogP contribution is -2.42. The molecule has 3 aromatic rings. The molecule has 0 spiro atoms. The van der Waals surface area contributed by atoms with E-state index in [1.165, 1.54) is 16.8 Å². The van der Waals surface area contributed by atoms with Crippen molar-refractivity contribution >= 4 is 5.69 Å². The summed E-state index contributed by atoms with van der Waals surface area (Å²) in [6, 6.07) is 19.8. The number of aromatic nitrogens is 2. The maximum atomic E-state index is 5.23.